The number of phenolic OH excluding ortho intramolecular Hbond substituents is 3. The Kier molecular flexibility index (Phi) is 6.78. The van der Waals surface area contributed by atoms with Crippen molar-refractivity contribution in [1.82, 2.24) is 0 Å². The lowest BCUT2D eigenvalue weighted by Crippen LogP contribution is -2.60. The van der Waals surface area contributed by atoms with Gasteiger partial charge in [0.2, 0.25) is 6.29 Å². The van der Waals surface area contributed by atoms with Crippen LogP contribution in [0.1, 0.15) is 15.9 Å². The molecule has 1 aliphatic rings. The standard InChI is InChI=1S/C21H22O10/c22-9-17-18(27)19(28)20(29)21(31-17)30-16-6-3-11(7-15(16)26)13(24)5-2-10-1-4-12(23)8-14(10)25/h1-8,17-23,25-29H,9H2/b5-2+/t17-,18-,19+,20-,21-/m1/s1. The highest BCUT2D eigenvalue weighted by atomic mass is 16.7. The number of benzene rings is 2. The van der Waals surface area contributed by atoms with Gasteiger partial charge in [-0.25, -0.2) is 0 Å². The molecule has 2 aromatic rings. The molecule has 1 saturated heterocycles. The third-order valence-corrected chi connectivity index (χ3v) is 4.76. The molecule has 7 N–H and O–H groups in total. The Balaban J connectivity index is 1.72. The van der Waals surface area contributed by atoms with Crippen LogP contribution in [0.2, 0.25) is 0 Å². The molecule has 0 unspecified atom stereocenters. The maximum absolute atomic E-state index is 12.3. The van der Waals surface area contributed by atoms with E-state index < -0.39 is 48.8 Å². The fraction of sp³-hybridized carbons (Fsp3) is 0.286. The van der Waals surface area contributed by atoms with Gasteiger partial charge in [-0.2, -0.15) is 0 Å². The smallest absolute Gasteiger partial charge is 0.229 e. The molecule has 0 saturated carbocycles. The van der Waals surface area contributed by atoms with Crippen LogP contribution in [0, 0.1) is 0 Å². The van der Waals surface area contributed by atoms with Crippen LogP contribution in [0.3, 0.4) is 0 Å². The summed E-state index contributed by atoms with van der Waals surface area (Å²) in [5.74, 6) is -1.46. The second kappa shape index (κ2) is 9.33. The molecule has 5 atom stereocenters. The van der Waals surface area contributed by atoms with Crippen molar-refractivity contribution < 1.29 is 50.0 Å². The van der Waals surface area contributed by atoms with Crippen molar-refractivity contribution in [3.63, 3.8) is 0 Å². The summed E-state index contributed by atoms with van der Waals surface area (Å²) in [5, 5.41) is 68.0. The second-order valence-corrected chi connectivity index (χ2v) is 6.94. The monoisotopic (exact) mass is 434 g/mol. The minimum absolute atomic E-state index is 0.0909. The highest BCUT2D eigenvalue weighted by molar-refractivity contribution is 6.07. The van der Waals surface area contributed by atoms with Crippen molar-refractivity contribution >= 4 is 11.9 Å². The van der Waals surface area contributed by atoms with Gasteiger partial charge in [0.05, 0.1) is 6.61 Å². The number of aliphatic hydroxyl groups is 4. The molecule has 0 aliphatic carbocycles. The number of hydrogen-bond donors (Lipinski definition) is 7. The Morgan fingerprint density at radius 1 is 0.968 bits per heavy atom. The molecule has 0 bridgehead atoms. The number of carbonyl (C=O) groups is 1. The molecule has 1 aliphatic heterocycles. The lowest BCUT2D eigenvalue weighted by Gasteiger charge is -2.39. The molecule has 3 rings (SSSR count). The van der Waals surface area contributed by atoms with E-state index in [9.17, 15) is 40.5 Å². The van der Waals surface area contributed by atoms with Gasteiger partial charge in [-0.1, -0.05) is 0 Å². The predicted molar refractivity (Wildman–Crippen MR) is 106 cm³/mol. The van der Waals surface area contributed by atoms with Gasteiger partial charge in [0.1, 0.15) is 35.9 Å². The maximum atomic E-state index is 12.3. The molecule has 0 radical (unpaired) electrons. The van der Waals surface area contributed by atoms with Crippen LogP contribution in [0.4, 0.5) is 0 Å². The van der Waals surface area contributed by atoms with E-state index in [0.29, 0.717) is 5.56 Å². The van der Waals surface area contributed by atoms with Crippen LogP contribution in [0.25, 0.3) is 6.08 Å². The highest BCUT2D eigenvalue weighted by Gasteiger charge is 2.44. The van der Waals surface area contributed by atoms with Crippen molar-refractivity contribution in [3.05, 3.63) is 53.6 Å². The number of rotatable bonds is 6. The number of hydrogen-bond acceptors (Lipinski definition) is 10. The van der Waals surface area contributed by atoms with Crippen molar-refractivity contribution in [1.29, 1.82) is 0 Å². The van der Waals surface area contributed by atoms with Gasteiger partial charge in [-0.05, 0) is 42.5 Å². The molecule has 10 heteroatoms. The first-order chi connectivity index (χ1) is 14.7. The molecular weight excluding hydrogens is 412 g/mol. The summed E-state index contributed by atoms with van der Waals surface area (Å²) < 4.78 is 10.6. The lowest BCUT2D eigenvalue weighted by molar-refractivity contribution is -0.277. The number of ether oxygens (including phenoxy) is 2. The summed E-state index contributed by atoms with van der Waals surface area (Å²) in [6, 6.07) is 7.59. The maximum Gasteiger partial charge on any atom is 0.229 e. The zero-order chi connectivity index (χ0) is 22.7. The number of phenols is 3. The van der Waals surface area contributed by atoms with Crippen LogP contribution in [0.5, 0.6) is 23.0 Å². The van der Waals surface area contributed by atoms with E-state index >= 15 is 0 Å². The van der Waals surface area contributed by atoms with Crippen LogP contribution < -0.4 is 4.74 Å². The van der Waals surface area contributed by atoms with E-state index in [2.05, 4.69) is 0 Å². The van der Waals surface area contributed by atoms with Crippen LogP contribution in [0.15, 0.2) is 42.5 Å². The Bertz CT molecular complexity index is 971. The van der Waals surface area contributed by atoms with Gasteiger partial charge in [-0.15, -0.1) is 0 Å². The molecule has 0 amide bonds. The van der Waals surface area contributed by atoms with Crippen molar-refractivity contribution in [2.24, 2.45) is 0 Å². The molecule has 31 heavy (non-hydrogen) atoms. The van der Waals surface area contributed by atoms with E-state index in [4.69, 9.17) is 9.47 Å². The fourth-order valence-corrected chi connectivity index (χ4v) is 2.99. The Labute approximate surface area is 176 Å². The normalized spacial score (nSPS) is 26.1. The van der Waals surface area contributed by atoms with Crippen LogP contribution >= 0.6 is 0 Å². The van der Waals surface area contributed by atoms with Gasteiger partial charge in [0.15, 0.2) is 17.3 Å². The number of aliphatic hydroxyl groups excluding tert-OH is 4. The molecular formula is C21H22O10. The Hall–Kier alpha value is -3.15. The largest absolute Gasteiger partial charge is 0.508 e. The average molecular weight is 434 g/mol. The minimum Gasteiger partial charge on any atom is -0.508 e. The van der Waals surface area contributed by atoms with Gasteiger partial charge in [-0.3, -0.25) is 4.79 Å². The number of ketones is 1. The van der Waals surface area contributed by atoms with E-state index in [-0.39, 0.29) is 22.8 Å². The van der Waals surface area contributed by atoms with E-state index in [1.165, 1.54) is 36.4 Å². The van der Waals surface area contributed by atoms with Crippen molar-refractivity contribution in [2.75, 3.05) is 6.61 Å². The molecule has 2 aromatic carbocycles. The van der Waals surface area contributed by atoms with Gasteiger partial charge < -0.3 is 45.2 Å². The molecule has 166 valence electrons. The first kappa shape index (κ1) is 22.5. The van der Waals surface area contributed by atoms with Gasteiger partial charge in [0.25, 0.3) is 0 Å². The van der Waals surface area contributed by atoms with Gasteiger partial charge >= 0.3 is 0 Å². The number of aromatic hydroxyl groups is 3. The molecule has 1 heterocycles. The lowest BCUT2D eigenvalue weighted by atomic mass is 9.99. The topological polar surface area (TPSA) is 177 Å². The summed E-state index contributed by atoms with van der Waals surface area (Å²) in [6.45, 7) is -0.632. The zero-order valence-electron chi connectivity index (χ0n) is 16.1. The molecule has 10 nitrogen and oxygen atoms in total. The molecule has 0 spiro atoms. The number of allylic oxidation sites excluding steroid dienone is 1. The first-order valence-electron chi connectivity index (χ1n) is 9.26. The van der Waals surface area contributed by atoms with Crippen molar-refractivity contribution in [3.8, 4) is 23.0 Å². The average Bonchev–Trinajstić information content (AvgIpc) is 2.74. The van der Waals surface area contributed by atoms with E-state index in [1.54, 1.807) is 0 Å². The Morgan fingerprint density at radius 2 is 1.71 bits per heavy atom. The third-order valence-electron chi connectivity index (χ3n) is 4.76. The Morgan fingerprint density at radius 3 is 2.35 bits per heavy atom. The first-order valence-corrected chi connectivity index (χ1v) is 9.26. The predicted octanol–water partition coefficient (Wildman–Crippen LogP) is -0.122. The second-order valence-electron chi connectivity index (χ2n) is 6.94. The van der Waals surface area contributed by atoms with E-state index in [0.717, 1.165) is 12.1 Å². The number of carbonyl (C=O) groups excluding carboxylic acids is 1. The molecule has 0 aromatic heterocycles. The fourth-order valence-electron chi connectivity index (χ4n) is 2.99. The SMILES string of the molecule is O=C(/C=C/c1ccc(O)cc1O)c1ccc(O[C@@H]2O[C@H](CO)[C@@H](O)[C@H](O)[C@H]2O)c(O)c1. The third kappa shape index (κ3) is 4.95. The highest BCUT2D eigenvalue weighted by Crippen LogP contribution is 2.31. The summed E-state index contributed by atoms with van der Waals surface area (Å²) in [6.07, 6.45) is -4.99. The van der Waals surface area contributed by atoms with Gasteiger partial charge in [0, 0.05) is 17.2 Å². The minimum atomic E-state index is -1.65. The summed E-state index contributed by atoms with van der Waals surface area (Å²) in [5.41, 5.74) is 0.395. The van der Waals surface area contributed by atoms with Crippen LogP contribution in [-0.4, -0.2) is 78.8 Å². The quantitative estimate of drug-likeness (QED) is 0.239. The molecule has 1 fully saturated rings. The van der Waals surface area contributed by atoms with E-state index in [1.807, 2.05) is 0 Å². The summed E-state index contributed by atoms with van der Waals surface area (Å²) in [4.78, 5) is 12.3. The summed E-state index contributed by atoms with van der Waals surface area (Å²) >= 11 is 0. The summed E-state index contributed by atoms with van der Waals surface area (Å²) in [7, 11) is 0. The van der Waals surface area contributed by atoms with Crippen molar-refractivity contribution in [2.45, 2.75) is 30.7 Å². The van der Waals surface area contributed by atoms with Crippen LogP contribution in [-0.2, 0) is 4.74 Å². The zero-order valence-corrected chi connectivity index (χ0v) is 16.1.